The molecule has 0 spiro atoms. The molecule has 33 heavy (non-hydrogen) atoms. The van der Waals surface area contributed by atoms with Crippen molar-refractivity contribution in [3.63, 3.8) is 0 Å². The zero-order valence-corrected chi connectivity index (χ0v) is 20.7. The summed E-state index contributed by atoms with van der Waals surface area (Å²) in [6.07, 6.45) is 4.64. The zero-order chi connectivity index (χ0) is 24.3. The van der Waals surface area contributed by atoms with Crippen molar-refractivity contribution in [3.05, 3.63) is 0 Å². The third-order valence-corrected chi connectivity index (χ3v) is 10.9. The molecule has 11 atom stereocenters. The topological polar surface area (TPSA) is 141 Å². The molecule has 0 amide bonds. The van der Waals surface area contributed by atoms with E-state index in [0.717, 1.165) is 32.1 Å². The number of carbonyl (C=O) groups excluding carboxylic acids is 1. The quantitative estimate of drug-likeness (QED) is 0.433. The van der Waals surface area contributed by atoms with Crippen LogP contribution in [0.15, 0.2) is 0 Å². The van der Waals surface area contributed by atoms with Gasteiger partial charge in [0.1, 0.15) is 0 Å². The Kier molecular flexibility index (Phi) is 6.71. The Morgan fingerprint density at radius 3 is 2.42 bits per heavy atom. The second kappa shape index (κ2) is 8.73. The Morgan fingerprint density at radius 1 is 1.06 bits per heavy atom. The van der Waals surface area contributed by atoms with Gasteiger partial charge in [0.2, 0.25) is 0 Å². The summed E-state index contributed by atoms with van der Waals surface area (Å²) in [5.74, 6) is 0.0238. The monoisotopic (exact) mass is 488 g/mol. The fourth-order valence-corrected chi connectivity index (χ4v) is 9.16. The molecule has 0 heterocycles. The minimum absolute atomic E-state index is 0.0225. The van der Waals surface area contributed by atoms with Crippen molar-refractivity contribution in [2.45, 2.75) is 96.9 Å². The molecule has 0 bridgehead atoms. The lowest BCUT2D eigenvalue weighted by molar-refractivity contribution is -0.207. The van der Waals surface area contributed by atoms with E-state index in [-0.39, 0.29) is 58.9 Å². The van der Waals surface area contributed by atoms with E-state index in [1.807, 2.05) is 6.92 Å². The zero-order valence-electron chi connectivity index (χ0n) is 19.9. The number of carbonyl (C=O) groups is 1. The molecule has 0 aliphatic heterocycles. The lowest BCUT2D eigenvalue weighted by atomic mass is 9.43. The summed E-state index contributed by atoms with van der Waals surface area (Å²) in [5, 5.41) is 33.1. The summed E-state index contributed by atoms with van der Waals surface area (Å²) in [6, 6.07) is 0. The minimum Gasteiger partial charge on any atom is -0.393 e. The third kappa shape index (κ3) is 4.37. The van der Waals surface area contributed by atoms with Crippen molar-refractivity contribution in [3.8, 4) is 0 Å². The molecule has 9 heteroatoms. The van der Waals surface area contributed by atoms with E-state index in [0.29, 0.717) is 19.3 Å². The van der Waals surface area contributed by atoms with Crippen LogP contribution in [0.4, 0.5) is 0 Å². The Morgan fingerprint density at radius 2 is 1.76 bits per heavy atom. The van der Waals surface area contributed by atoms with Gasteiger partial charge in [-0.3, -0.25) is 9.35 Å². The fraction of sp³-hybridized carbons (Fsp3) is 0.958. The number of fused-ring (bicyclic) bond motifs is 5. The van der Waals surface area contributed by atoms with Gasteiger partial charge in [0.25, 0.3) is 0 Å². The highest BCUT2D eigenvalue weighted by Crippen LogP contribution is 2.68. The summed E-state index contributed by atoms with van der Waals surface area (Å²) in [4.78, 5) is 11.8. The Hall–Kier alpha value is -0.740. The van der Waals surface area contributed by atoms with Crippen LogP contribution in [0.5, 0.6) is 0 Å². The minimum atomic E-state index is -4.80. The summed E-state index contributed by atoms with van der Waals surface area (Å²) in [6.45, 7) is 6.46. The molecule has 4 fully saturated rings. The maximum Gasteiger partial charge on any atom is 0.448 e. The molecule has 0 aromatic carbocycles. The largest absolute Gasteiger partial charge is 0.448 e. The molecular formula is C24H40O8S. The second-order valence-corrected chi connectivity index (χ2v) is 12.9. The Labute approximate surface area is 197 Å². The van der Waals surface area contributed by atoms with Crippen LogP contribution in [0.25, 0.3) is 0 Å². The normalized spacial score (nSPS) is 48.3. The molecular weight excluding hydrogens is 448 g/mol. The van der Waals surface area contributed by atoms with Crippen molar-refractivity contribution in [1.82, 2.24) is 0 Å². The smallest absolute Gasteiger partial charge is 0.393 e. The van der Waals surface area contributed by atoms with Gasteiger partial charge in [0, 0.05) is 6.42 Å². The highest BCUT2D eigenvalue weighted by molar-refractivity contribution is 7.81. The van der Waals surface area contributed by atoms with Gasteiger partial charge in [-0.2, -0.15) is 8.42 Å². The first-order chi connectivity index (χ1) is 15.3. The molecule has 0 aromatic rings. The third-order valence-electron chi connectivity index (χ3n) is 10.5. The molecule has 190 valence electrons. The van der Waals surface area contributed by atoms with Crippen LogP contribution in [0.3, 0.4) is 0 Å². The second-order valence-electron chi connectivity index (χ2n) is 11.9. The molecule has 0 saturated heterocycles. The molecule has 11 unspecified atom stereocenters. The van der Waals surface area contributed by atoms with E-state index in [2.05, 4.69) is 18.0 Å². The van der Waals surface area contributed by atoms with Gasteiger partial charge >= 0.3 is 16.4 Å². The summed E-state index contributed by atoms with van der Waals surface area (Å²) in [5.41, 5.74) is -0.361. The van der Waals surface area contributed by atoms with Crippen LogP contribution in [0.1, 0.15) is 78.6 Å². The number of hydrogen-bond acceptors (Lipinski definition) is 7. The maximum absolute atomic E-state index is 11.8. The van der Waals surface area contributed by atoms with Crippen molar-refractivity contribution in [2.24, 2.45) is 46.3 Å². The number of rotatable bonds is 5. The van der Waals surface area contributed by atoms with Crippen LogP contribution >= 0.6 is 0 Å². The summed E-state index contributed by atoms with van der Waals surface area (Å²) < 4.78 is 34.3. The van der Waals surface area contributed by atoms with Crippen molar-refractivity contribution in [2.75, 3.05) is 0 Å². The Balaban J connectivity index is 1.52. The van der Waals surface area contributed by atoms with E-state index in [9.17, 15) is 28.5 Å². The SMILES string of the molecule is CC(CCC(=O)OS(=O)(=O)O)C1CCC2C3C(O)CC4CC(O)CCC4(C)C3CC(O)C12C. The maximum atomic E-state index is 11.8. The average Bonchev–Trinajstić information content (AvgIpc) is 3.06. The predicted molar refractivity (Wildman–Crippen MR) is 120 cm³/mol. The van der Waals surface area contributed by atoms with E-state index >= 15 is 0 Å². The van der Waals surface area contributed by atoms with E-state index in [1.54, 1.807) is 0 Å². The highest BCUT2D eigenvalue weighted by atomic mass is 32.3. The van der Waals surface area contributed by atoms with Gasteiger partial charge in [0.05, 0.1) is 18.3 Å². The first-order valence-electron chi connectivity index (χ1n) is 12.5. The Bertz CT molecular complexity index is 861. The van der Waals surface area contributed by atoms with Gasteiger partial charge in [0.15, 0.2) is 0 Å². The van der Waals surface area contributed by atoms with E-state index < -0.39 is 28.6 Å². The van der Waals surface area contributed by atoms with Crippen LogP contribution in [0, 0.1) is 46.3 Å². The van der Waals surface area contributed by atoms with Gasteiger partial charge in [-0.05, 0) is 97.7 Å². The lowest BCUT2D eigenvalue weighted by Crippen LogP contribution is -2.62. The van der Waals surface area contributed by atoms with Crippen molar-refractivity contribution >= 4 is 16.4 Å². The van der Waals surface area contributed by atoms with Crippen LogP contribution in [0.2, 0.25) is 0 Å². The van der Waals surface area contributed by atoms with Crippen LogP contribution in [-0.4, -0.2) is 52.6 Å². The van der Waals surface area contributed by atoms with E-state index in [1.165, 1.54) is 0 Å². The standard InChI is InChI=1S/C24H40O8S/c1-13(4-7-21(28)32-33(29,30)31)16-5-6-17-22-18(12-20(27)24(16,17)3)23(2)9-8-15(25)10-14(23)11-19(22)26/h13-20,22,25-27H,4-12H2,1-3H3,(H,29,30,31). The first kappa shape index (κ1) is 25.4. The lowest BCUT2D eigenvalue weighted by Gasteiger charge is -2.63. The number of aliphatic hydroxyl groups is 3. The first-order valence-corrected chi connectivity index (χ1v) is 13.9. The molecule has 0 aromatic heterocycles. The summed E-state index contributed by atoms with van der Waals surface area (Å²) in [7, 11) is -4.80. The van der Waals surface area contributed by atoms with Gasteiger partial charge in [-0.25, -0.2) is 0 Å². The number of aliphatic hydroxyl groups excluding tert-OH is 3. The van der Waals surface area contributed by atoms with Gasteiger partial charge < -0.3 is 19.5 Å². The molecule has 4 saturated carbocycles. The van der Waals surface area contributed by atoms with E-state index in [4.69, 9.17) is 4.55 Å². The molecule has 4 aliphatic rings. The van der Waals surface area contributed by atoms with Gasteiger partial charge in [-0.1, -0.05) is 20.8 Å². The van der Waals surface area contributed by atoms with Gasteiger partial charge in [-0.15, -0.1) is 0 Å². The van der Waals surface area contributed by atoms with Crippen molar-refractivity contribution < 1.29 is 37.3 Å². The van der Waals surface area contributed by atoms with Crippen LogP contribution < -0.4 is 0 Å². The predicted octanol–water partition coefficient (Wildman–Crippen LogP) is 2.71. The molecule has 0 radical (unpaired) electrons. The van der Waals surface area contributed by atoms with Crippen LogP contribution in [-0.2, 0) is 19.4 Å². The molecule has 8 nitrogen and oxygen atoms in total. The highest BCUT2D eigenvalue weighted by Gasteiger charge is 2.65. The molecule has 4 rings (SSSR count). The van der Waals surface area contributed by atoms with Crippen molar-refractivity contribution in [1.29, 1.82) is 0 Å². The fourth-order valence-electron chi connectivity index (χ4n) is 8.84. The molecule has 4 N–H and O–H groups in total. The number of hydrogen-bond donors (Lipinski definition) is 4. The average molecular weight is 489 g/mol. The summed E-state index contributed by atoms with van der Waals surface area (Å²) >= 11 is 0. The molecule has 4 aliphatic carbocycles.